The summed E-state index contributed by atoms with van der Waals surface area (Å²) < 4.78 is 19.4. The zero-order chi connectivity index (χ0) is 11.8. The molecule has 4 heteroatoms. The first-order chi connectivity index (χ1) is 7.74. The average Bonchev–Trinajstić information content (AvgIpc) is 2.28. The fourth-order valence-electron chi connectivity index (χ4n) is 1.30. The molecule has 1 aromatic carbocycles. The molecule has 0 saturated carbocycles. The molecule has 0 amide bonds. The number of benzene rings is 1. The maximum atomic E-state index is 13.2. The Labute approximate surface area is 104 Å². The highest BCUT2D eigenvalue weighted by Gasteiger charge is 2.03. The number of nitrogens with one attached hydrogen (secondary N) is 1. The predicted molar refractivity (Wildman–Crippen MR) is 67.4 cm³/mol. The third-order valence-electron chi connectivity index (χ3n) is 2.15. The minimum atomic E-state index is -0.310. The van der Waals surface area contributed by atoms with Crippen LogP contribution in [-0.2, 0) is 0 Å². The summed E-state index contributed by atoms with van der Waals surface area (Å²) in [7, 11) is 0. The maximum absolute atomic E-state index is 13.2. The second-order valence-electron chi connectivity index (χ2n) is 3.48. The molecule has 90 valence electrons. The molecule has 0 saturated heterocycles. The third-order valence-corrected chi connectivity index (χ3v) is 2.64. The van der Waals surface area contributed by atoms with Gasteiger partial charge in [-0.25, -0.2) is 4.39 Å². The van der Waals surface area contributed by atoms with Gasteiger partial charge in [0.25, 0.3) is 0 Å². The first-order valence-corrected chi connectivity index (χ1v) is 6.32. The highest BCUT2D eigenvalue weighted by Crippen LogP contribution is 2.22. The van der Waals surface area contributed by atoms with E-state index in [-0.39, 0.29) is 5.82 Å². The molecule has 0 bridgehead atoms. The van der Waals surface area contributed by atoms with E-state index in [4.69, 9.17) is 4.74 Å². The lowest BCUT2D eigenvalue weighted by Gasteiger charge is -2.07. The van der Waals surface area contributed by atoms with Gasteiger partial charge in [-0.2, -0.15) is 0 Å². The Balaban J connectivity index is 2.23. The predicted octanol–water partition coefficient (Wildman–Crippen LogP) is 3.36. The summed E-state index contributed by atoms with van der Waals surface area (Å²) in [5.74, 6) is 0.00714. The molecular formula is C12H17BrFNO. The Morgan fingerprint density at radius 3 is 2.94 bits per heavy atom. The van der Waals surface area contributed by atoms with Crippen molar-refractivity contribution in [1.82, 2.24) is 5.32 Å². The molecule has 2 nitrogen and oxygen atoms in total. The van der Waals surface area contributed by atoms with E-state index in [9.17, 15) is 4.39 Å². The van der Waals surface area contributed by atoms with Crippen molar-refractivity contribution in [3.8, 4) is 5.75 Å². The molecule has 0 aliphatic carbocycles. The summed E-state index contributed by atoms with van der Waals surface area (Å²) in [6.45, 7) is 4.61. The van der Waals surface area contributed by atoms with E-state index in [0.29, 0.717) is 12.4 Å². The Kier molecular flexibility index (Phi) is 6.42. The van der Waals surface area contributed by atoms with E-state index in [2.05, 4.69) is 28.2 Å². The summed E-state index contributed by atoms with van der Waals surface area (Å²) in [5, 5.41) is 3.23. The number of hydrogen-bond donors (Lipinski definition) is 1. The molecule has 1 rings (SSSR count). The minimum absolute atomic E-state index is 0.310. The highest BCUT2D eigenvalue weighted by molar-refractivity contribution is 9.10. The van der Waals surface area contributed by atoms with Crippen LogP contribution in [0.1, 0.15) is 19.8 Å². The summed E-state index contributed by atoms with van der Waals surface area (Å²) in [4.78, 5) is 0. The van der Waals surface area contributed by atoms with Gasteiger partial charge in [0.05, 0.1) is 6.61 Å². The van der Waals surface area contributed by atoms with Gasteiger partial charge < -0.3 is 10.1 Å². The van der Waals surface area contributed by atoms with Crippen molar-refractivity contribution in [1.29, 1.82) is 0 Å². The van der Waals surface area contributed by atoms with Gasteiger partial charge in [-0.1, -0.05) is 22.9 Å². The normalized spacial score (nSPS) is 10.4. The summed E-state index contributed by atoms with van der Waals surface area (Å²) in [5.41, 5.74) is 0. The van der Waals surface area contributed by atoms with Gasteiger partial charge in [-0.15, -0.1) is 0 Å². The minimum Gasteiger partial charge on any atom is -0.490 e. The smallest absolute Gasteiger partial charge is 0.165 e. The average molecular weight is 290 g/mol. The van der Waals surface area contributed by atoms with Crippen molar-refractivity contribution in [2.24, 2.45) is 0 Å². The van der Waals surface area contributed by atoms with Crippen molar-refractivity contribution in [2.75, 3.05) is 19.7 Å². The van der Waals surface area contributed by atoms with Crippen LogP contribution in [0.2, 0.25) is 0 Å². The Morgan fingerprint density at radius 2 is 2.19 bits per heavy atom. The first kappa shape index (κ1) is 13.5. The van der Waals surface area contributed by atoms with Crippen molar-refractivity contribution in [2.45, 2.75) is 19.8 Å². The molecule has 0 aliphatic heterocycles. The highest BCUT2D eigenvalue weighted by atomic mass is 79.9. The van der Waals surface area contributed by atoms with Gasteiger partial charge in [0.2, 0.25) is 0 Å². The molecule has 0 fully saturated rings. The molecule has 0 heterocycles. The van der Waals surface area contributed by atoms with Crippen LogP contribution in [0.3, 0.4) is 0 Å². The molecular weight excluding hydrogens is 273 g/mol. The number of halogens is 2. The molecule has 0 radical (unpaired) electrons. The van der Waals surface area contributed by atoms with Gasteiger partial charge in [-0.3, -0.25) is 0 Å². The number of hydrogen-bond acceptors (Lipinski definition) is 2. The fourth-order valence-corrected chi connectivity index (χ4v) is 1.64. The van der Waals surface area contributed by atoms with E-state index >= 15 is 0 Å². The van der Waals surface area contributed by atoms with E-state index in [1.165, 1.54) is 6.07 Å². The van der Waals surface area contributed by atoms with Crippen LogP contribution in [0.25, 0.3) is 0 Å². The van der Waals surface area contributed by atoms with E-state index in [0.717, 1.165) is 30.4 Å². The number of rotatable bonds is 7. The van der Waals surface area contributed by atoms with Crippen LogP contribution in [0.5, 0.6) is 5.75 Å². The topological polar surface area (TPSA) is 21.3 Å². The van der Waals surface area contributed by atoms with Gasteiger partial charge in [0.15, 0.2) is 11.6 Å². The molecule has 1 aromatic rings. The molecule has 0 aromatic heterocycles. The second-order valence-corrected chi connectivity index (χ2v) is 4.40. The Hall–Kier alpha value is -0.610. The van der Waals surface area contributed by atoms with Crippen LogP contribution in [0.15, 0.2) is 22.7 Å². The summed E-state index contributed by atoms with van der Waals surface area (Å²) in [6.07, 6.45) is 1.97. The third kappa shape index (κ3) is 4.94. The SMILES string of the molecule is CCNCCCCOc1cc(Br)ccc1F. The summed E-state index contributed by atoms with van der Waals surface area (Å²) in [6, 6.07) is 4.71. The molecule has 0 unspecified atom stereocenters. The van der Waals surface area contributed by atoms with E-state index < -0.39 is 0 Å². The number of unbranched alkanes of at least 4 members (excludes halogenated alkanes) is 1. The van der Waals surface area contributed by atoms with Gasteiger partial charge in [0, 0.05) is 4.47 Å². The lowest BCUT2D eigenvalue weighted by atomic mass is 10.3. The Bertz CT molecular complexity index is 320. The van der Waals surface area contributed by atoms with Gasteiger partial charge in [0.1, 0.15) is 0 Å². The van der Waals surface area contributed by atoms with E-state index in [1.54, 1.807) is 12.1 Å². The zero-order valence-electron chi connectivity index (χ0n) is 9.43. The molecule has 0 aliphatic rings. The maximum Gasteiger partial charge on any atom is 0.165 e. The van der Waals surface area contributed by atoms with Crippen LogP contribution in [0.4, 0.5) is 4.39 Å². The quantitative estimate of drug-likeness (QED) is 0.777. The van der Waals surface area contributed by atoms with Crippen molar-refractivity contribution in [3.63, 3.8) is 0 Å². The number of ether oxygens (including phenoxy) is 1. The fraction of sp³-hybridized carbons (Fsp3) is 0.500. The standard InChI is InChI=1S/C12H17BrFNO/c1-2-15-7-3-4-8-16-12-9-10(13)5-6-11(12)14/h5-6,9,15H,2-4,7-8H2,1H3. The monoisotopic (exact) mass is 289 g/mol. The zero-order valence-corrected chi connectivity index (χ0v) is 11.0. The van der Waals surface area contributed by atoms with E-state index in [1.807, 2.05) is 0 Å². The lowest BCUT2D eigenvalue weighted by molar-refractivity contribution is 0.291. The van der Waals surface area contributed by atoms with Crippen LogP contribution in [0, 0.1) is 5.82 Å². The molecule has 1 N–H and O–H groups in total. The van der Waals surface area contributed by atoms with Crippen molar-refractivity contribution in [3.05, 3.63) is 28.5 Å². The van der Waals surface area contributed by atoms with Gasteiger partial charge >= 0.3 is 0 Å². The van der Waals surface area contributed by atoms with Crippen molar-refractivity contribution >= 4 is 15.9 Å². The van der Waals surface area contributed by atoms with Crippen LogP contribution < -0.4 is 10.1 Å². The van der Waals surface area contributed by atoms with Crippen LogP contribution >= 0.6 is 15.9 Å². The largest absolute Gasteiger partial charge is 0.490 e. The van der Waals surface area contributed by atoms with Gasteiger partial charge in [-0.05, 0) is 44.1 Å². The molecule has 0 spiro atoms. The molecule has 0 atom stereocenters. The van der Waals surface area contributed by atoms with Crippen molar-refractivity contribution < 1.29 is 9.13 Å². The summed E-state index contributed by atoms with van der Waals surface area (Å²) >= 11 is 3.28. The Morgan fingerprint density at radius 1 is 1.38 bits per heavy atom. The lowest BCUT2D eigenvalue weighted by Crippen LogP contribution is -2.14. The van der Waals surface area contributed by atoms with Crippen LogP contribution in [-0.4, -0.2) is 19.7 Å². The second kappa shape index (κ2) is 7.63. The first-order valence-electron chi connectivity index (χ1n) is 5.52. The molecule has 16 heavy (non-hydrogen) atoms.